The molecule has 1 heterocycles. The van der Waals surface area contributed by atoms with Gasteiger partial charge in [0.1, 0.15) is 6.07 Å². The molecule has 5 heteroatoms. The van der Waals surface area contributed by atoms with Crippen LogP contribution in [0.25, 0.3) is 0 Å². The SMILES string of the molecule is Cc1c(C(C)C2CC(=S)N(C)C(C)(C)C2=O)ccc(C#N)c1Cl. The minimum Gasteiger partial charge on any atom is -0.357 e. The molecule has 1 aromatic rings. The fraction of sp³-hybridized carbons (Fsp3) is 0.500. The number of likely N-dealkylation sites (tertiary alicyclic amines) is 1. The zero-order valence-corrected chi connectivity index (χ0v) is 15.7. The lowest BCUT2D eigenvalue weighted by Gasteiger charge is -2.45. The summed E-state index contributed by atoms with van der Waals surface area (Å²) >= 11 is 11.8. The Labute approximate surface area is 148 Å². The predicted octanol–water partition coefficient (Wildman–Crippen LogP) is 4.25. The predicted molar refractivity (Wildman–Crippen MR) is 96.9 cm³/mol. The van der Waals surface area contributed by atoms with Crippen LogP contribution in [-0.4, -0.2) is 28.3 Å². The molecule has 23 heavy (non-hydrogen) atoms. The van der Waals surface area contributed by atoms with E-state index in [0.29, 0.717) is 17.0 Å². The van der Waals surface area contributed by atoms with Gasteiger partial charge in [-0.05, 0) is 43.9 Å². The zero-order chi connectivity index (χ0) is 17.5. The number of nitrogens with zero attached hydrogens (tertiary/aromatic N) is 2. The van der Waals surface area contributed by atoms with Gasteiger partial charge in [0.05, 0.1) is 21.1 Å². The smallest absolute Gasteiger partial charge is 0.161 e. The van der Waals surface area contributed by atoms with E-state index in [4.69, 9.17) is 29.1 Å². The molecule has 0 aliphatic carbocycles. The molecule has 0 aromatic heterocycles. The number of piperidine rings is 1. The number of Topliss-reactive ketones (excluding diaryl/α,β-unsaturated/α-hetero) is 1. The van der Waals surface area contributed by atoms with Crippen LogP contribution < -0.4 is 0 Å². The van der Waals surface area contributed by atoms with Gasteiger partial charge in [0, 0.05) is 19.4 Å². The standard InChI is InChI=1S/C18H21ClN2OS/c1-10(13-7-6-12(9-20)16(19)11(13)2)14-8-15(23)21(5)18(3,4)17(14)22/h6-7,10,14H,8H2,1-5H3. The monoisotopic (exact) mass is 348 g/mol. The van der Waals surface area contributed by atoms with Gasteiger partial charge in [0.15, 0.2) is 5.78 Å². The summed E-state index contributed by atoms with van der Waals surface area (Å²) in [4.78, 5) is 15.7. The van der Waals surface area contributed by atoms with Gasteiger partial charge in [-0.3, -0.25) is 4.79 Å². The second kappa shape index (κ2) is 6.22. The van der Waals surface area contributed by atoms with Crippen molar-refractivity contribution >= 4 is 34.6 Å². The Bertz CT molecular complexity index is 720. The molecule has 0 radical (unpaired) electrons. The third-order valence-electron chi connectivity index (χ3n) is 5.19. The van der Waals surface area contributed by atoms with Crippen LogP contribution in [0, 0.1) is 24.2 Å². The largest absolute Gasteiger partial charge is 0.357 e. The maximum absolute atomic E-state index is 13.0. The summed E-state index contributed by atoms with van der Waals surface area (Å²) in [5.41, 5.74) is 1.74. The van der Waals surface area contributed by atoms with E-state index in [0.717, 1.165) is 16.1 Å². The lowest BCUT2D eigenvalue weighted by molar-refractivity contribution is -0.132. The van der Waals surface area contributed by atoms with Gasteiger partial charge in [0.2, 0.25) is 0 Å². The number of hydrogen-bond donors (Lipinski definition) is 0. The molecule has 1 saturated heterocycles. The highest BCUT2D eigenvalue weighted by molar-refractivity contribution is 7.80. The van der Waals surface area contributed by atoms with E-state index in [9.17, 15) is 4.79 Å². The molecule has 2 rings (SSSR count). The van der Waals surface area contributed by atoms with E-state index in [1.165, 1.54) is 0 Å². The van der Waals surface area contributed by atoms with Crippen molar-refractivity contribution in [1.82, 2.24) is 4.90 Å². The van der Waals surface area contributed by atoms with Crippen molar-refractivity contribution in [1.29, 1.82) is 5.26 Å². The lowest BCUT2D eigenvalue weighted by atomic mass is 9.72. The summed E-state index contributed by atoms with van der Waals surface area (Å²) in [6, 6.07) is 5.73. The van der Waals surface area contributed by atoms with E-state index in [1.54, 1.807) is 6.07 Å². The first-order valence-corrected chi connectivity index (χ1v) is 8.41. The summed E-state index contributed by atoms with van der Waals surface area (Å²) in [5, 5.41) is 9.56. The topological polar surface area (TPSA) is 44.1 Å². The van der Waals surface area contributed by atoms with Crippen LogP contribution in [0.4, 0.5) is 0 Å². The highest BCUT2D eigenvalue weighted by Crippen LogP contribution is 2.39. The normalized spacial score (nSPS) is 22.0. The van der Waals surface area contributed by atoms with Gasteiger partial charge in [-0.15, -0.1) is 0 Å². The number of halogens is 1. The molecule has 1 aromatic carbocycles. The fourth-order valence-electron chi connectivity index (χ4n) is 3.25. The second-order valence-electron chi connectivity index (χ2n) is 6.73. The number of carbonyl (C=O) groups excluding carboxylic acids is 1. The lowest BCUT2D eigenvalue weighted by Crippen LogP contribution is -2.58. The van der Waals surface area contributed by atoms with E-state index in [2.05, 4.69) is 6.07 Å². The number of ketones is 1. The van der Waals surface area contributed by atoms with E-state index in [-0.39, 0.29) is 17.6 Å². The van der Waals surface area contributed by atoms with Crippen molar-refractivity contribution in [3.8, 4) is 6.07 Å². The molecule has 2 atom stereocenters. The molecule has 1 fully saturated rings. The van der Waals surface area contributed by atoms with Crippen molar-refractivity contribution in [3.63, 3.8) is 0 Å². The summed E-state index contributed by atoms with van der Waals surface area (Å²) < 4.78 is 0. The van der Waals surface area contributed by atoms with Crippen LogP contribution in [0.1, 0.15) is 49.8 Å². The first-order valence-electron chi connectivity index (χ1n) is 7.63. The Hall–Kier alpha value is -1.44. The molecule has 1 aliphatic heterocycles. The number of nitriles is 1. The molecule has 2 unspecified atom stereocenters. The number of thiocarbonyl (C=S) groups is 1. The van der Waals surface area contributed by atoms with Crippen LogP contribution >= 0.6 is 23.8 Å². The Kier molecular flexibility index (Phi) is 4.84. The number of rotatable bonds is 2. The number of benzene rings is 1. The molecule has 0 amide bonds. The Morgan fingerprint density at radius 1 is 1.48 bits per heavy atom. The third-order valence-corrected chi connectivity index (χ3v) is 6.12. The van der Waals surface area contributed by atoms with Gasteiger partial charge in [-0.2, -0.15) is 5.26 Å². The molecule has 0 saturated carbocycles. The molecule has 1 aliphatic rings. The molecule has 0 spiro atoms. The van der Waals surface area contributed by atoms with Crippen molar-refractivity contribution < 1.29 is 4.79 Å². The van der Waals surface area contributed by atoms with Crippen molar-refractivity contribution in [2.75, 3.05) is 7.05 Å². The molecule has 0 N–H and O–H groups in total. The number of carbonyl (C=O) groups is 1. The first kappa shape index (κ1) is 17.9. The van der Waals surface area contributed by atoms with Gasteiger partial charge < -0.3 is 4.90 Å². The quantitative estimate of drug-likeness (QED) is 0.749. The molecule has 3 nitrogen and oxygen atoms in total. The zero-order valence-electron chi connectivity index (χ0n) is 14.1. The highest BCUT2D eigenvalue weighted by Gasteiger charge is 2.45. The van der Waals surface area contributed by atoms with E-state index >= 15 is 0 Å². The van der Waals surface area contributed by atoms with Gasteiger partial charge >= 0.3 is 0 Å². The Morgan fingerprint density at radius 2 is 2.09 bits per heavy atom. The number of hydrogen-bond acceptors (Lipinski definition) is 3. The average Bonchev–Trinajstić information content (AvgIpc) is 2.51. The average molecular weight is 349 g/mol. The molecular weight excluding hydrogens is 328 g/mol. The maximum Gasteiger partial charge on any atom is 0.161 e. The van der Waals surface area contributed by atoms with Crippen molar-refractivity contribution in [3.05, 3.63) is 33.8 Å². The van der Waals surface area contributed by atoms with Gasteiger partial charge in [-0.25, -0.2) is 0 Å². The minimum absolute atomic E-state index is 0.00123. The maximum atomic E-state index is 13.0. The van der Waals surface area contributed by atoms with E-state index < -0.39 is 5.54 Å². The number of likely N-dealkylation sites (N-methyl/N-ethyl adjacent to an activating group) is 1. The fourth-order valence-corrected chi connectivity index (χ4v) is 3.87. The van der Waals surface area contributed by atoms with Gasteiger partial charge in [-0.1, -0.05) is 36.8 Å². The van der Waals surface area contributed by atoms with Crippen LogP contribution in [0.15, 0.2) is 12.1 Å². The molecule has 0 bridgehead atoms. The summed E-state index contributed by atoms with van der Waals surface area (Å²) in [7, 11) is 1.88. The minimum atomic E-state index is -0.599. The van der Waals surface area contributed by atoms with Crippen LogP contribution in [-0.2, 0) is 4.79 Å². The Balaban J connectivity index is 2.43. The molecular formula is C18H21ClN2OS. The third kappa shape index (κ3) is 2.88. The second-order valence-corrected chi connectivity index (χ2v) is 7.58. The molecule has 122 valence electrons. The highest BCUT2D eigenvalue weighted by atomic mass is 35.5. The van der Waals surface area contributed by atoms with Crippen molar-refractivity contribution in [2.24, 2.45) is 5.92 Å². The van der Waals surface area contributed by atoms with E-state index in [1.807, 2.05) is 45.7 Å². The van der Waals surface area contributed by atoms with Crippen molar-refractivity contribution in [2.45, 2.75) is 45.6 Å². The Morgan fingerprint density at radius 3 is 2.65 bits per heavy atom. The van der Waals surface area contributed by atoms with Crippen LogP contribution in [0.2, 0.25) is 5.02 Å². The van der Waals surface area contributed by atoms with Crippen LogP contribution in [0.5, 0.6) is 0 Å². The first-order chi connectivity index (χ1) is 10.6. The van der Waals surface area contributed by atoms with Gasteiger partial charge in [0.25, 0.3) is 0 Å². The summed E-state index contributed by atoms with van der Waals surface area (Å²) in [5.74, 6) is 0.0241. The summed E-state index contributed by atoms with van der Waals surface area (Å²) in [6.45, 7) is 7.77. The van der Waals surface area contributed by atoms with Crippen LogP contribution in [0.3, 0.4) is 0 Å². The summed E-state index contributed by atoms with van der Waals surface area (Å²) in [6.07, 6.45) is 0.576.